The molecule has 3 aromatic carbocycles. The Morgan fingerprint density at radius 1 is 1.06 bits per heavy atom. The van der Waals surface area contributed by atoms with Crippen molar-refractivity contribution in [3.8, 4) is 27.6 Å². The van der Waals surface area contributed by atoms with Gasteiger partial charge in [-0.15, -0.1) is 22.7 Å². The van der Waals surface area contributed by atoms with Crippen molar-refractivity contribution < 1.29 is 38.1 Å². The van der Waals surface area contributed by atoms with Crippen molar-refractivity contribution in [1.82, 2.24) is 40.3 Å². The SMILES string of the molecule is [C-]#[N+]c1c(N)sc2c(F)ccc(-c3c(Cl)cc4c(N5CC6CCC(C5)N6)nc(OC[C@@H]5CCCN5CCC[C@H]5CCC(=O)N5[C@H](C(=O)N5C[C@H](O)C[C@H]5C(=O)N[C@@H](CO)c5ccc(-c6scnc6C)cc5)C(C)(C)C)nc4c3F)c12. The lowest BCUT2D eigenvalue weighted by Gasteiger charge is -2.43. The molecule has 8 heterocycles. The Morgan fingerprint density at radius 3 is 2.52 bits per heavy atom. The van der Waals surface area contributed by atoms with Crippen molar-refractivity contribution in [2.45, 2.75) is 134 Å². The molecular formula is C58H66ClF2N11O6S2. The van der Waals surface area contributed by atoms with Crippen LogP contribution in [0, 0.1) is 30.5 Å². The molecule has 2 bridgehead atoms. The summed E-state index contributed by atoms with van der Waals surface area (Å²) in [6.07, 6.45) is 5.05. The van der Waals surface area contributed by atoms with Gasteiger partial charge in [0.15, 0.2) is 5.82 Å². The molecule has 5 aliphatic heterocycles. The molecule has 0 spiro atoms. The molecule has 5 fully saturated rings. The van der Waals surface area contributed by atoms with Crippen molar-refractivity contribution in [2.24, 2.45) is 5.41 Å². The number of thiophene rings is 1. The van der Waals surface area contributed by atoms with Gasteiger partial charge < -0.3 is 46.0 Å². The summed E-state index contributed by atoms with van der Waals surface area (Å²) in [6, 6.07) is 9.38. The van der Waals surface area contributed by atoms with Crippen molar-refractivity contribution in [2.75, 3.05) is 56.6 Å². The number of nitrogens with one attached hydrogen (secondary N) is 2. The first-order valence-corrected chi connectivity index (χ1v) is 29.6. The first-order chi connectivity index (χ1) is 38.4. The van der Waals surface area contributed by atoms with Crippen molar-refractivity contribution in [1.29, 1.82) is 0 Å². The number of halogens is 3. The Bertz CT molecular complexity index is 3390. The number of carbonyl (C=O) groups is 3. The number of nitrogens with zero attached hydrogens (tertiary/aromatic N) is 8. The molecule has 5 saturated heterocycles. The van der Waals surface area contributed by atoms with E-state index in [0.29, 0.717) is 49.2 Å². The monoisotopic (exact) mass is 1150 g/mol. The second-order valence-electron chi connectivity index (χ2n) is 23.1. The van der Waals surface area contributed by atoms with Crippen LogP contribution in [0.1, 0.15) is 95.9 Å². The van der Waals surface area contributed by atoms with Crippen LogP contribution in [0.25, 0.3) is 47.4 Å². The Kier molecular flexibility index (Phi) is 15.8. The molecule has 3 amide bonds. The number of benzene rings is 3. The standard InChI is InChI=1S/C58H66ClF2N11O6S2/c1-30-50(79-29-64-30)32-12-10-31(11-13-32)42(27-73)66-55(76)43-22-37(74)26-71(43)56(77)52(58(2,3)4)72-35(16-19-44(72)75)8-6-20-69-21-7-9-36(69)28-78-57-67-48-39(54(68-57)70-24-33-14-15-34(25-70)65-33)23-40(59)45(47(48)61)38-17-18-41(60)51-46(38)49(63-5)53(62)80-51/h10-13,17-18,23,29,33-37,42-43,52,65,73-74H,6-9,14-16,19-22,24-28,62H2,1-4H3,(H,66,76)/t33?,34?,35-,36-,37+,42-,43-,52+/m0/s1. The lowest BCUT2D eigenvalue weighted by atomic mass is 9.83. The van der Waals surface area contributed by atoms with Crippen LogP contribution < -0.4 is 26.0 Å². The Hall–Kier alpha value is -6.12. The summed E-state index contributed by atoms with van der Waals surface area (Å²) in [5.74, 6) is -1.84. The normalized spacial score (nSPS) is 23.1. The highest BCUT2D eigenvalue weighted by Crippen LogP contribution is 2.49. The number of thiazole rings is 1. The second-order valence-corrected chi connectivity index (χ2v) is 25.4. The number of aryl methyl sites for hydroxylation is 1. The van der Waals surface area contributed by atoms with Gasteiger partial charge >= 0.3 is 6.01 Å². The van der Waals surface area contributed by atoms with Crippen LogP contribution in [0.4, 0.5) is 25.3 Å². The molecule has 8 atom stereocenters. The van der Waals surface area contributed by atoms with E-state index in [2.05, 4.69) is 30.3 Å². The van der Waals surface area contributed by atoms with Crippen LogP contribution in [0.15, 0.2) is 48.0 Å². The van der Waals surface area contributed by atoms with Gasteiger partial charge in [-0.2, -0.15) is 9.97 Å². The number of aliphatic hydroxyl groups is 2. The van der Waals surface area contributed by atoms with E-state index in [-0.39, 0.29) is 111 Å². The third-order valence-corrected chi connectivity index (χ3v) is 19.1. The maximum absolute atomic E-state index is 17.4. The van der Waals surface area contributed by atoms with Gasteiger partial charge in [0, 0.05) is 73.0 Å². The van der Waals surface area contributed by atoms with Crippen LogP contribution in [-0.2, 0) is 14.4 Å². The molecule has 22 heteroatoms. The number of ether oxygens (including phenoxy) is 1. The van der Waals surface area contributed by atoms with E-state index in [9.17, 15) is 24.6 Å². The number of rotatable bonds is 16. The van der Waals surface area contributed by atoms with E-state index in [4.69, 9.17) is 38.6 Å². The number of hydrogen-bond acceptors (Lipinski definition) is 15. The molecule has 17 nitrogen and oxygen atoms in total. The van der Waals surface area contributed by atoms with E-state index in [1.165, 1.54) is 28.4 Å². The zero-order valence-corrected chi connectivity index (χ0v) is 47.6. The number of aromatic nitrogens is 3. The first kappa shape index (κ1) is 55.8. The number of likely N-dealkylation sites (tertiary alicyclic amines) is 3. The van der Waals surface area contributed by atoms with Crippen LogP contribution in [0.2, 0.25) is 5.02 Å². The average Bonchev–Trinajstić information content (AvgIpc) is 4.32. The Labute approximate surface area is 476 Å². The van der Waals surface area contributed by atoms with Crippen LogP contribution in [0.5, 0.6) is 6.01 Å². The summed E-state index contributed by atoms with van der Waals surface area (Å²) in [5, 5.41) is 28.8. The summed E-state index contributed by atoms with van der Waals surface area (Å²) in [7, 11) is 0. The van der Waals surface area contributed by atoms with Gasteiger partial charge in [0.2, 0.25) is 23.4 Å². The fourth-order valence-corrected chi connectivity index (χ4v) is 15.0. The minimum Gasteiger partial charge on any atom is -0.462 e. The number of carbonyl (C=O) groups excluding carboxylic acids is 3. The van der Waals surface area contributed by atoms with Crippen molar-refractivity contribution in [3.05, 3.63) is 87.3 Å². The zero-order chi connectivity index (χ0) is 56.3. The molecule has 422 valence electrons. The predicted molar refractivity (Wildman–Crippen MR) is 307 cm³/mol. The lowest BCUT2D eigenvalue weighted by molar-refractivity contribution is -0.152. The highest BCUT2D eigenvalue weighted by Gasteiger charge is 2.50. The predicted octanol–water partition coefficient (Wildman–Crippen LogP) is 8.79. The second kappa shape index (κ2) is 22.7. The van der Waals surface area contributed by atoms with E-state index in [1.54, 1.807) is 16.5 Å². The van der Waals surface area contributed by atoms with Gasteiger partial charge in [0.1, 0.15) is 35.8 Å². The van der Waals surface area contributed by atoms with Gasteiger partial charge in [-0.25, -0.2) is 18.6 Å². The fraction of sp³-hybridized carbons (Fsp3) is 0.500. The number of piperazine rings is 1. The minimum atomic E-state index is -1.02. The zero-order valence-electron chi connectivity index (χ0n) is 45.2. The minimum absolute atomic E-state index is 0.00709. The van der Waals surface area contributed by atoms with Crippen molar-refractivity contribution in [3.63, 3.8) is 0 Å². The third kappa shape index (κ3) is 10.7. The van der Waals surface area contributed by atoms with Gasteiger partial charge in [0.05, 0.1) is 56.1 Å². The summed E-state index contributed by atoms with van der Waals surface area (Å²) >= 11 is 9.45. The number of hydrogen-bond donors (Lipinski definition) is 5. The summed E-state index contributed by atoms with van der Waals surface area (Å²) in [5.41, 5.74) is 10.0. The van der Waals surface area contributed by atoms with Crippen LogP contribution in [0.3, 0.4) is 0 Å². The topological polar surface area (TPSA) is 207 Å². The molecule has 3 aromatic heterocycles. The van der Waals surface area contributed by atoms with E-state index in [0.717, 1.165) is 66.1 Å². The number of nitrogen functional groups attached to an aromatic ring is 1. The molecule has 2 unspecified atom stereocenters. The number of aliphatic hydroxyl groups excluding tert-OH is 2. The molecule has 0 aliphatic carbocycles. The largest absolute Gasteiger partial charge is 0.462 e. The Morgan fingerprint density at radius 2 is 1.82 bits per heavy atom. The molecule has 0 radical (unpaired) electrons. The summed E-state index contributed by atoms with van der Waals surface area (Å²) < 4.78 is 39.2. The number of anilines is 2. The fourth-order valence-electron chi connectivity index (χ4n) is 13.0. The lowest BCUT2D eigenvalue weighted by Crippen LogP contribution is -2.60. The quantitative estimate of drug-likeness (QED) is 0.0576. The molecule has 5 aliphatic rings. The maximum atomic E-state index is 17.4. The first-order valence-electron chi connectivity index (χ1n) is 27.6. The number of fused-ring (bicyclic) bond motifs is 4. The van der Waals surface area contributed by atoms with Gasteiger partial charge in [0.25, 0.3) is 0 Å². The average molecular weight is 1150 g/mol. The molecule has 80 heavy (non-hydrogen) atoms. The number of amides is 3. The van der Waals surface area contributed by atoms with Gasteiger partial charge in [-0.3, -0.25) is 19.3 Å². The molecular weight excluding hydrogens is 1080 g/mol. The summed E-state index contributed by atoms with van der Waals surface area (Å²) in [6.45, 7) is 18.1. The van der Waals surface area contributed by atoms with Gasteiger partial charge in [-0.05, 0) is 99.2 Å². The summed E-state index contributed by atoms with van der Waals surface area (Å²) in [4.78, 5) is 69.3. The third-order valence-electron chi connectivity index (χ3n) is 16.8. The van der Waals surface area contributed by atoms with E-state index in [1.807, 2.05) is 52.0 Å². The number of nitrogens with two attached hydrogens (primary N) is 1. The Balaban J connectivity index is 0.781. The number of β-amino-alcohol motifs (C(OH)–C–C–N with tert-alkyl or cyclic N) is 1. The van der Waals surface area contributed by atoms with E-state index < -0.39 is 53.1 Å². The van der Waals surface area contributed by atoms with Crippen LogP contribution in [-0.4, -0.2) is 146 Å². The maximum Gasteiger partial charge on any atom is 0.319 e. The van der Waals surface area contributed by atoms with E-state index >= 15 is 8.78 Å². The molecule has 11 rings (SSSR count). The highest BCUT2D eigenvalue weighted by atomic mass is 35.5. The molecule has 0 saturated carbocycles. The van der Waals surface area contributed by atoms with Crippen molar-refractivity contribution >= 4 is 89.5 Å². The molecule has 6 N–H and O–H groups in total. The van der Waals surface area contributed by atoms with Gasteiger partial charge in [-0.1, -0.05) is 62.7 Å². The van der Waals surface area contributed by atoms with Crippen LogP contribution >= 0.6 is 34.3 Å². The highest BCUT2D eigenvalue weighted by molar-refractivity contribution is 7.23. The smallest absolute Gasteiger partial charge is 0.319 e. The molecule has 6 aromatic rings.